The van der Waals surface area contributed by atoms with Crippen molar-refractivity contribution in [2.45, 2.75) is 30.1 Å². The van der Waals surface area contributed by atoms with Crippen LogP contribution in [0.4, 0.5) is 0 Å². The Hall–Kier alpha value is -2.38. The van der Waals surface area contributed by atoms with Crippen LogP contribution in [0.1, 0.15) is 41.1 Å². The Bertz CT molecular complexity index is 1010. The van der Waals surface area contributed by atoms with Crippen molar-refractivity contribution in [1.82, 2.24) is 9.21 Å². The number of para-hydroxylation sites is 1. The molecule has 2 aliphatic rings. The lowest BCUT2D eigenvalue weighted by atomic mass is 9.97. The van der Waals surface area contributed by atoms with Gasteiger partial charge in [-0.15, -0.1) is 0 Å². The molecule has 0 aliphatic carbocycles. The molecular weight excluding hydrogens is 388 g/mol. The van der Waals surface area contributed by atoms with Crippen LogP contribution in [0.15, 0.2) is 53.4 Å². The zero-order valence-corrected chi connectivity index (χ0v) is 17.4. The number of likely N-dealkylation sites (tertiary alicyclic amines) is 1. The summed E-state index contributed by atoms with van der Waals surface area (Å²) in [4.78, 5) is 15.0. The Morgan fingerprint density at radius 1 is 1.03 bits per heavy atom. The standard InChI is InChI=1S/C22H26N2O4S/c1-28-20-10-4-2-8-18(20)17-12-15-23(16-17)13-6-7-14-24-22(25)19-9-3-5-11-21(19)29(24,26)27/h2-5,8-11,17H,6-7,12-16H2,1H3/t17-/m0/s1. The Morgan fingerprint density at radius 3 is 2.55 bits per heavy atom. The molecule has 6 nitrogen and oxygen atoms in total. The second-order valence-electron chi connectivity index (χ2n) is 7.61. The molecule has 29 heavy (non-hydrogen) atoms. The van der Waals surface area contributed by atoms with Gasteiger partial charge in [-0.1, -0.05) is 30.3 Å². The average Bonchev–Trinajstić information content (AvgIpc) is 3.28. The van der Waals surface area contributed by atoms with E-state index in [9.17, 15) is 13.2 Å². The van der Waals surface area contributed by atoms with Crippen molar-refractivity contribution in [3.05, 3.63) is 59.7 Å². The van der Waals surface area contributed by atoms with Gasteiger partial charge in [0.1, 0.15) is 10.6 Å². The molecule has 0 unspecified atom stereocenters. The SMILES string of the molecule is COc1ccccc1[C@H]1CCN(CCCCN2C(=O)c3ccccc3S2(=O)=O)C1. The third-order valence-electron chi connectivity index (χ3n) is 5.85. The Kier molecular flexibility index (Phi) is 5.61. The Labute approximate surface area is 172 Å². The van der Waals surface area contributed by atoms with Crippen molar-refractivity contribution < 1.29 is 17.9 Å². The largest absolute Gasteiger partial charge is 0.496 e. The highest BCUT2D eigenvalue weighted by atomic mass is 32.2. The minimum absolute atomic E-state index is 0.129. The van der Waals surface area contributed by atoms with Crippen molar-refractivity contribution >= 4 is 15.9 Å². The first kappa shape index (κ1) is 19.9. The van der Waals surface area contributed by atoms with Gasteiger partial charge in [0.2, 0.25) is 0 Å². The van der Waals surface area contributed by atoms with Gasteiger partial charge in [0.15, 0.2) is 0 Å². The number of hydrogen-bond donors (Lipinski definition) is 0. The normalized spacial score (nSPS) is 20.8. The number of rotatable bonds is 7. The Balaban J connectivity index is 1.28. The quantitative estimate of drug-likeness (QED) is 0.652. The van der Waals surface area contributed by atoms with Crippen LogP contribution in [0.2, 0.25) is 0 Å². The van der Waals surface area contributed by atoms with Crippen LogP contribution >= 0.6 is 0 Å². The molecule has 1 fully saturated rings. The summed E-state index contributed by atoms with van der Waals surface area (Å²) in [7, 11) is -1.99. The molecule has 1 atom stereocenters. The maximum atomic E-state index is 12.6. The number of ether oxygens (including phenoxy) is 1. The summed E-state index contributed by atoms with van der Waals surface area (Å²) in [6.45, 7) is 3.14. The highest BCUT2D eigenvalue weighted by Gasteiger charge is 2.40. The fourth-order valence-electron chi connectivity index (χ4n) is 4.34. The van der Waals surface area contributed by atoms with Gasteiger partial charge in [-0.25, -0.2) is 12.7 Å². The van der Waals surface area contributed by atoms with E-state index in [1.807, 2.05) is 18.2 Å². The number of benzene rings is 2. The summed E-state index contributed by atoms with van der Waals surface area (Å²) in [6.07, 6.45) is 2.61. The van der Waals surface area contributed by atoms with Crippen LogP contribution in [0.5, 0.6) is 5.75 Å². The van der Waals surface area contributed by atoms with Gasteiger partial charge in [0.25, 0.3) is 15.9 Å². The molecule has 1 amide bonds. The molecule has 0 spiro atoms. The number of amides is 1. The van der Waals surface area contributed by atoms with Gasteiger partial charge < -0.3 is 9.64 Å². The van der Waals surface area contributed by atoms with Crippen LogP contribution in [0.3, 0.4) is 0 Å². The van der Waals surface area contributed by atoms with Crippen molar-refractivity contribution in [3.63, 3.8) is 0 Å². The topological polar surface area (TPSA) is 66.9 Å². The molecule has 0 bridgehead atoms. The third kappa shape index (κ3) is 3.76. The second kappa shape index (κ2) is 8.16. The summed E-state index contributed by atoms with van der Waals surface area (Å²) < 4.78 is 31.7. The number of nitrogens with zero attached hydrogens (tertiary/aromatic N) is 2. The molecule has 154 valence electrons. The second-order valence-corrected chi connectivity index (χ2v) is 9.44. The highest BCUT2D eigenvalue weighted by molar-refractivity contribution is 7.90. The molecule has 0 aromatic heterocycles. The molecular formula is C22H26N2O4S. The van der Waals surface area contributed by atoms with E-state index in [1.165, 1.54) is 11.6 Å². The van der Waals surface area contributed by atoms with E-state index in [1.54, 1.807) is 25.3 Å². The number of methoxy groups -OCH3 is 1. The first-order chi connectivity index (χ1) is 14.0. The molecule has 2 heterocycles. The van der Waals surface area contributed by atoms with Crippen LogP contribution < -0.4 is 4.74 Å². The van der Waals surface area contributed by atoms with Gasteiger partial charge >= 0.3 is 0 Å². The predicted molar refractivity (Wildman–Crippen MR) is 111 cm³/mol. The maximum Gasteiger partial charge on any atom is 0.269 e. The van der Waals surface area contributed by atoms with Gasteiger partial charge in [-0.3, -0.25) is 4.79 Å². The van der Waals surface area contributed by atoms with Crippen molar-refractivity contribution in [2.24, 2.45) is 0 Å². The molecule has 4 rings (SSSR count). The first-order valence-corrected chi connectivity index (χ1v) is 11.5. The van der Waals surface area contributed by atoms with E-state index in [-0.39, 0.29) is 17.0 Å². The third-order valence-corrected chi connectivity index (χ3v) is 7.69. The van der Waals surface area contributed by atoms with E-state index in [2.05, 4.69) is 11.0 Å². The minimum Gasteiger partial charge on any atom is -0.496 e. The maximum absolute atomic E-state index is 12.6. The summed E-state index contributed by atoms with van der Waals surface area (Å²) in [5.74, 6) is 0.996. The zero-order chi connectivity index (χ0) is 20.4. The van der Waals surface area contributed by atoms with E-state index >= 15 is 0 Å². The summed E-state index contributed by atoms with van der Waals surface area (Å²) in [6, 6.07) is 14.6. The monoisotopic (exact) mass is 414 g/mol. The fourth-order valence-corrected chi connectivity index (χ4v) is 5.94. The smallest absolute Gasteiger partial charge is 0.269 e. The lowest BCUT2D eigenvalue weighted by Crippen LogP contribution is -2.31. The van der Waals surface area contributed by atoms with Gasteiger partial charge in [0.05, 0.1) is 12.7 Å². The van der Waals surface area contributed by atoms with E-state index in [4.69, 9.17) is 4.74 Å². The van der Waals surface area contributed by atoms with Crippen molar-refractivity contribution in [1.29, 1.82) is 0 Å². The molecule has 1 saturated heterocycles. The zero-order valence-electron chi connectivity index (χ0n) is 16.6. The van der Waals surface area contributed by atoms with E-state index in [0.717, 1.165) is 42.5 Å². The van der Waals surface area contributed by atoms with Crippen LogP contribution in [0.25, 0.3) is 0 Å². The highest BCUT2D eigenvalue weighted by Crippen LogP contribution is 2.33. The van der Waals surface area contributed by atoms with Gasteiger partial charge in [0, 0.05) is 19.0 Å². The van der Waals surface area contributed by atoms with E-state index in [0.29, 0.717) is 12.3 Å². The minimum atomic E-state index is -3.69. The van der Waals surface area contributed by atoms with Crippen molar-refractivity contribution in [3.8, 4) is 5.75 Å². The van der Waals surface area contributed by atoms with Crippen molar-refractivity contribution in [2.75, 3.05) is 33.3 Å². The Morgan fingerprint density at radius 2 is 1.76 bits per heavy atom. The van der Waals surface area contributed by atoms with E-state index < -0.39 is 15.9 Å². The molecule has 0 radical (unpaired) electrons. The van der Waals surface area contributed by atoms with Gasteiger partial charge in [-0.2, -0.15) is 0 Å². The number of hydrogen-bond acceptors (Lipinski definition) is 5. The van der Waals surface area contributed by atoms with Crippen LogP contribution in [-0.2, 0) is 10.0 Å². The molecule has 2 aliphatic heterocycles. The van der Waals surface area contributed by atoms with Gasteiger partial charge in [-0.05, 0) is 56.1 Å². The molecule has 2 aromatic carbocycles. The molecule has 0 N–H and O–H groups in total. The number of carbonyl (C=O) groups excluding carboxylic acids is 1. The van der Waals surface area contributed by atoms with Crippen LogP contribution in [0, 0.1) is 0 Å². The average molecular weight is 415 g/mol. The first-order valence-electron chi connectivity index (χ1n) is 10.0. The summed E-state index contributed by atoms with van der Waals surface area (Å²) >= 11 is 0. The summed E-state index contributed by atoms with van der Waals surface area (Å²) in [5, 5.41) is 0. The predicted octanol–water partition coefficient (Wildman–Crippen LogP) is 3.11. The molecule has 2 aromatic rings. The number of unbranched alkanes of at least 4 members (excludes halogenated alkanes) is 1. The fraction of sp³-hybridized carbons (Fsp3) is 0.409. The molecule has 7 heteroatoms. The number of fused-ring (bicyclic) bond motifs is 1. The lowest BCUT2D eigenvalue weighted by Gasteiger charge is -2.19. The molecule has 0 saturated carbocycles. The number of carbonyl (C=O) groups is 1. The lowest BCUT2D eigenvalue weighted by molar-refractivity contribution is 0.0869. The summed E-state index contributed by atoms with van der Waals surface area (Å²) in [5.41, 5.74) is 1.54. The van der Waals surface area contributed by atoms with Crippen LogP contribution in [-0.4, -0.2) is 56.8 Å². The number of sulfonamides is 1.